The van der Waals surface area contributed by atoms with E-state index in [1.54, 1.807) is 55.5 Å². The average molecular weight is 331 g/mol. The molecule has 0 saturated heterocycles. The second kappa shape index (κ2) is 8.36. The Balaban J connectivity index is 0.00000312. The number of halogens is 1. The van der Waals surface area contributed by atoms with Crippen LogP contribution in [-0.2, 0) is 9.53 Å². The second-order valence-electron chi connectivity index (χ2n) is 5.51. The molecule has 1 unspecified atom stereocenters. The molecule has 2 aromatic rings. The fourth-order valence-corrected chi connectivity index (χ4v) is 2.21. The van der Waals surface area contributed by atoms with E-state index in [9.17, 15) is 14.0 Å². The summed E-state index contributed by atoms with van der Waals surface area (Å²) in [5.74, 6) is -1.26. The summed E-state index contributed by atoms with van der Waals surface area (Å²) in [5.41, 5.74) is 6.86. The Hall–Kier alpha value is -2.53. The number of hydrogen-bond acceptors (Lipinski definition) is 4. The van der Waals surface area contributed by atoms with Gasteiger partial charge in [-0.2, -0.15) is 0 Å². The number of nitrogens with two attached hydrogens (primary N) is 1. The number of ketones is 1. The summed E-state index contributed by atoms with van der Waals surface area (Å²) in [6.45, 7) is 1.11. The van der Waals surface area contributed by atoms with Crippen LogP contribution in [0.2, 0.25) is 0 Å². The smallest absolute Gasteiger partial charge is 0.313 e. The van der Waals surface area contributed by atoms with E-state index in [1.165, 1.54) is 0 Å². The number of benzene rings is 2. The van der Waals surface area contributed by atoms with Gasteiger partial charge in [-0.15, -0.1) is 0 Å². The van der Waals surface area contributed by atoms with Crippen molar-refractivity contribution in [2.45, 2.75) is 19.0 Å². The molecule has 0 aromatic heterocycles. The Bertz CT molecular complexity index is 709. The van der Waals surface area contributed by atoms with E-state index in [0.29, 0.717) is 16.7 Å². The normalized spacial score (nSPS) is 13.1. The van der Waals surface area contributed by atoms with Crippen molar-refractivity contribution in [3.05, 3.63) is 71.3 Å². The van der Waals surface area contributed by atoms with E-state index in [2.05, 4.69) is 0 Å². The molecule has 4 nitrogen and oxygen atoms in total. The highest BCUT2D eigenvalue weighted by atomic mass is 19.1. The zero-order valence-electron chi connectivity index (χ0n) is 13.4. The molecule has 0 bridgehead atoms. The third kappa shape index (κ3) is 4.49. The molecule has 0 aliphatic rings. The fourth-order valence-electron chi connectivity index (χ4n) is 2.21. The molecular weight excluding hydrogens is 309 g/mol. The van der Waals surface area contributed by atoms with Crippen molar-refractivity contribution in [2.75, 3.05) is 13.2 Å². The lowest BCUT2D eigenvalue weighted by Crippen LogP contribution is -2.24. The molecule has 0 spiro atoms. The maximum absolute atomic E-state index is 13.1. The van der Waals surface area contributed by atoms with Gasteiger partial charge in [-0.1, -0.05) is 48.5 Å². The Morgan fingerprint density at radius 2 is 1.79 bits per heavy atom. The van der Waals surface area contributed by atoms with Gasteiger partial charge in [0.2, 0.25) is 0 Å². The van der Waals surface area contributed by atoms with Crippen LogP contribution in [0.5, 0.6) is 0 Å². The van der Waals surface area contributed by atoms with Crippen LogP contribution < -0.4 is 5.73 Å². The highest BCUT2D eigenvalue weighted by Crippen LogP contribution is 2.20. The van der Waals surface area contributed by atoms with Crippen molar-refractivity contribution in [3.63, 3.8) is 0 Å². The molecule has 2 rings (SSSR count). The minimum Gasteiger partial charge on any atom is -0.462 e. The lowest BCUT2D eigenvalue weighted by molar-refractivity contribution is -0.146. The van der Waals surface area contributed by atoms with Gasteiger partial charge >= 0.3 is 5.97 Å². The number of esters is 1. The molecule has 0 saturated carbocycles. The summed E-state index contributed by atoms with van der Waals surface area (Å²) in [6, 6.07) is 15.7. The highest BCUT2D eigenvalue weighted by Gasteiger charge is 2.20. The van der Waals surface area contributed by atoms with Crippen molar-refractivity contribution >= 4 is 11.8 Å². The summed E-state index contributed by atoms with van der Waals surface area (Å²) in [7, 11) is 0. The van der Waals surface area contributed by atoms with Gasteiger partial charge in [0.05, 0.1) is 5.92 Å². The van der Waals surface area contributed by atoms with E-state index >= 15 is 0 Å². The third-order valence-corrected chi connectivity index (χ3v) is 3.70. The Morgan fingerprint density at radius 3 is 2.46 bits per heavy atom. The Kier molecular flexibility index (Phi) is 6.21. The van der Waals surface area contributed by atoms with Gasteiger partial charge in [0.15, 0.2) is 5.78 Å². The van der Waals surface area contributed by atoms with Gasteiger partial charge in [0.25, 0.3) is 0 Å². The van der Waals surface area contributed by atoms with Crippen LogP contribution in [-0.4, -0.2) is 31.1 Å². The van der Waals surface area contributed by atoms with Gasteiger partial charge in [-0.05, 0) is 18.6 Å². The molecule has 2 atom stereocenters. The predicted molar refractivity (Wildman–Crippen MR) is 91.8 cm³/mol. The van der Waals surface area contributed by atoms with Gasteiger partial charge in [0.1, 0.15) is 12.8 Å². The number of carbonyl (C=O) groups is 2. The van der Waals surface area contributed by atoms with Gasteiger partial charge in [-0.25, -0.2) is 4.39 Å². The lowest BCUT2D eigenvalue weighted by Gasteiger charge is -2.14. The zero-order chi connectivity index (χ0) is 17.5. The van der Waals surface area contributed by atoms with Crippen LogP contribution in [0, 0.1) is 0 Å². The van der Waals surface area contributed by atoms with Crippen molar-refractivity contribution in [1.82, 2.24) is 0 Å². The summed E-state index contributed by atoms with van der Waals surface area (Å²) >= 11 is 0. The number of rotatable bonds is 7. The summed E-state index contributed by atoms with van der Waals surface area (Å²) in [4.78, 5) is 24.5. The largest absolute Gasteiger partial charge is 0.462 e. The standard InChI is InChI=1S/C19H20FNO3.H2/c1-13(19(23)24-12-17(20)11-21)15-8-5-9-16(10-15)18(22)14-6-3-2-4-7-14;/h2-10,13,17H,11-12,21H2,1H3;1H/t13-,17?;/m1./s1. The molecule has 128 valence electrons. The van der Waals surface area contributed by atoms with Gasteiger partial charge < -0.3 is 10.5 Å². The van der Waals surface area contributed by atoms with Crippen molar-refractivity contribution in [1.29, 1.82) is 0 Å². The SMILES string of the molecule is C[C@@H](C(=O)OCC(F)CN)c1cccc(C(=O)c2ccccc2)c1.[HH]. The molecule has 0 amide bonds. The quantitative estimate of drug-likeness (QED) is 0.625. The van der Waals surface area contributed by atoms with Crippen LogP contribution in [0.4, 0.5) is 4.39 Å². The van der Waals surface area contributed by atoms with Crippen molar-refractivity contribution in [3.8, 4) is 0 Å². The molecule has 24 heavy (non-hydrogen) atoms. The zero-order valence-corrected chi connectivity index (χ0v) is 13.4. The predicted octanol–water partition coefficient (Wildman–Crippen LogP) is 3.11. The van der Waals surface area contributed by atoms with E-state index in [-0.39, 0.29) is 20.4 Å². The minimum absolute atomic E-state index is 0. The van der Waals surface area contributed by atoms with E-state index in [0.717, 1.165) is 0 Å². The molecule has 5 heteroatoms. The van der Waals surface area contributed by atoms with Gasteiger partial charge in [0, 0.05) is 19.1 Å². The summed E-state index contributed by atoms with van der Waals surface area (Å²) in [6.07, 6.45) is -1.37. The van der Waals surface area contributed by atoms with E-state index < -0.39 is 18.1 Å². The van der Waals surface area contributed by atoms with Crippen LogP contribution in [0.15, 0.2) is 54.6 Å². The molecule has 2 N–H and O–H groups in total. The van der Waals surface area contributed by atoms with Crippen molar-refractivity contribution in [2.24, 2.45) is 5.73 Å². The molecule has 0 fully saturated rings. The molecular formula is C19H22FNO3. The monoisotopic (exact) mass is 331 g/mol. The number of ether oxygens (including phenoxy) is 1. The topological polar surface area (TPSA) is 69.4 Å². The molecule has 0 aliphatic heterocycles. The number of hydrogen-bond donors (Lipinski definition) is 1. The van der Waals surface area contributed by atoms with Crippen LogP contribution >= 0.6 is 0 Å². The van der Waals surface area contributed by atoms with E-state index in [1.807, 2.05) is 6.07 Å². The Morgan fingerprint density at radius 1 is 1.12 bits per heavy atom. The van der Waals surface area contributed by atoms with Crippen LogP contribution in [0.25, 0.3) is 0 Å². The first kappa shape index (κ1) is 17.8. The minimum atomic E-state index is -1.37. The summed E-state index contributed by atoms with van der Waals surface area (Å²) < 4.78 is 18.0. The Labute approximate surface area is 141 Å². The molecule has 0 aliphatic carbocycles. The van der Waals surface area contributed by atoms with Crippen LogP contribution in [0.1, 0.15) is 35.8 Å². The third-order valence-electron chi connectivity index (χ3n) is 3.70. The average Bonchev–Trinajstić information content (AvgIpc) is 2.65. The first-order valence-corrected chi connectivity index (χ1v) is 7.73. The maximum atomic E-state index is 13.1. The fraction of sp³-hybridized carbons (Fsp3) is 0.263. The van der Waals surface area contributed by atoms with Crippen molar-refractivity contribution < 1.29 is 20.1 Å². The lowest BCUT2D eigenvalue weighted by atomic mass is 9.96. The summed E-state index contributed by atoms with van der Waals surface area (Å²) in [5, 5.41) is 0. The number of carbonyl (C=O) groups excluding carboxylic acids is 2. The molecule has 2 aromatic carbocycles. The maximum Gasteiger partial charge on any atom is 0.313 e. The highest BCUT2D eigenvalue weighted by molar-refractivity contribution is 6.09. The van der Waals surface area contributed by atoms with Gasteiger partial charge in [-0.3, -0.25) is 9.59 Å². The molecule has 0 heterocycles. The first-order valence-electron chi connectivity index (χ1n) is 7.73. The van der Waals surface area contributed by atoms with Crippen LogP contribution in [0.3, 0.4) is 0 Å². The second-order valence-corrected chi connectivity index (χ2v) is 5.51. The van der Waals surface area contributed by atoms with E-state index in [4.69, 9.17) is 10.5 Å². The number of alkyl halides is 1. The molecule has 0 radical (unpaired) electrons. The first-order chi connectivity index (χ1) is 11.5.